The lowest BCUT2D eigenvalue weighted by Crippen LogP contribution is -2.23. The Hall–Kier alpha value is -2.35. The summed E-state index contributed by atoms with van der Waals surface area (Å²) in [5, 5.41) is 1.36. The predicted molar refractivity (Wildman–Crippen MR) is 129 cm³/mol. The first-order valence-electron chi connectivity index (χ1n) is 10.2. The molecule has 1 unspecified atom stereocenters. The molecule has 0 aliphatic rings. The summed E-state index contributed by atoms with van der Waals surface area (Å²) in [6.07, 6.45) is 0.312. The van der Waals surface area contributed by atoms with Gasteiger partial charge >= 0.3 is 5.97 Å². The number of nitrogens with zero attached hydrogens (tertiary/aromatic N) is 1. The molecule has 3 rings (SSSR count). The lowest BCUT2D eigenvalue weighted by atomic mass is 10.2. The highest BCUT2D eigenvalue weighted by atomic mass is 35.5. The minimum absolute atomic E-state index is 0.253. The highest BCUT2D eigenvalue weighted by Gasteiger charge is 2.23. The fourth-order valence-electron chi connectivity index (χ4n) is 2.73. The molecule has 0 radical (unpaired) electrons. The van der Waals surface area contributed by atoms with Gasteiger partial charge in [0, 0.05) is 22.1 Å². The number of hydrogen-bond donors (Lipinski definition) is 0. The number of benzene rings is 2. The molecule has 168 valence electrons. The molecule has 0 spiro atoms. The van der Waals surface area contributed by atoms with Crippen molar-refractivity contribution in [2.45, 2.75) is 50.4 Å². The van der Waals surface area contributed by atoms with E-state index in [1.54, 1.807) is 25.6 Å². The summed E-state index contributed by atoms with van der Waals surface area (Å²) in [6, 6.07) is 15.4. The van der Waals surface area contributed by atoms with Gasteiger partial charge in [0.2, 0.25) is 10.8 Å². The zero-order valence-corrected chi connectivity index (χ0v) is 20.5. The number of esters is 1. The summed E-state index contributed by atoms with van der Waals surface area (Å²) >= 11 is 8.70. The number of aromatic nitrogens is 1. The topological polar surface area (TPSA) is 65.5 Å². The van der Waals surface area contributed by atoms with Crippen LogP contribution in [0.3, 0.4) is 0 Å². The Morgan fingerprint density at radius 3 is 2.47 bits per heavy atom. The zero-order chi connectivity index (χ0) is 23.1. The van der Waals surface area contributed by atoms with Crippen LogP contribution in [0.25, 0.3) is 0 Å². The van der Waals surface area contributed by atoms with Crippen molar-refractivity contribution in [2.75, 3.05) is 0 Å². The van der Waals surface area contributed by atoms with E-state index < -0.39 is 6.10 Å². The highest BCUT2D eigenvalue weighted by Crippen LogP contribution is 2.29. The van der Waals surface area contributed by atoms with E-state index in [1.165, 1.54) is 5.56 Å². The Balaban J connectivity index is 1.55. The quantitative estimate of drug-likeness (QED) is 0.178. The monoisotopic (exact) mass is 489 g/mol. The maximum Gasteiger partial charge on any atom is 0.312 e. The molecule has 0 N–H and O–H groups in total. The van der Waals surface area contributed by atoms with Crippen LogP contribution >= 0.6 is 34.7 Å². The van der Waals surface area contributed by atoms with Crippen LogP contribution in [0.15, 0.2) is 53.4 Å². The number of ether oxygens (including phenoxy) is 2. The van der Waals surface area contributed by atoms with E-state index >= 15 is 0 Å². The SMILES string of the molecule is CCCC(=O)Oc1sc(C(=O)C(C)Oc2ccc(SCc3ccc(Cl)cc3)cc2)nc1C. The van der Waals surface area contributed by atoms with Gasteiger partial charge in [-0.1, -0.05) is 42.0 Å². The highest BCUT2D eigenvalue weighted by molar-refractivity contribution is 7.98. The summed E-state index contributed by atoms with van der Waals surface area (Å²) in [5.74, 6) is 0.860. The van der Waals surface area contributed by atoms with Crippen molar-refractivity contribution in [3.8, 4) is 10.8 Å². The first-order chi connectivity index (χ1) is 15.4. The number of carbonyl (C=O) groups is 2. The van der Waals surface area contributed by atoms with Crippen molar-refractivity contribution in [3.05, 3.63) is 69.8 Å². The van der Waals surface area contributed by atoms with E-state index in [9.17, 15) is 9.59 Å². The normalized spacial score (nSPS) is 11.8. The van der Waals surface area contributed by atoms with E-state index in [0.29, 0.717) is 29.3 Å². The van der Waals surface area contributed by atoms with Gasteiger partial charge in [-0.25, -0.2) is 4.98 Å². The molecule has 0 fully saturated rings. The molecule has 3 aromatic rings. The summed E-state index contributed by atoms with van der Waals surface area (Å²) in [6.45, 7) is 5.30. The minimum atomic E-state index is -0.715. The summed E-state index contributed by atoms with van der Waals surface area (Å²) < 4.78 is 11.1. The first kappa shape index (κ1) is 24.3. The van der Waals surface area contributed by atoms with Crippen molar-refractivity contribution in [1.82, 2.24) is 4.98 Å². The second-order valence-electron chi connectivity index (χ2n) is 7.13. The second kappa shape index (κ2) is 11.5. The Kier molecular flexibility index (Phi) is 8.73. The third kappa shape index (κ3) is 6.82. The maximum atomic E-state index is 12.7. The molecule has 0 aliphatic carbocycles. The average Bonchev–Trinajstić information content (AvgIpc) is 3.14. The van der Waals surface area contributed by atoms with Gasteiger partial charge in [-0.15, -0.1) is 11.8 Å². The van der Waals surface area contributed by atoms with Gasteiger partial charge in [0.25, 0.3) is 0 Å². The van der Waals surface area contributed by atoms with Gasteiger partial charge in [-0.2, -0.15) is 0 Å². The molecular formula is C24H24ClNO4S2. The standard InChI is InChI=1S/C24H24ClNO4S2/c1-4-5-21(27)30-24-15(2)26-23(32-24)22(28)16(3)29-19-10-12-20(13-11-19)31-14-17-6-8-18(25)9-7-17/h6-13,16H,4-5,14H2,1-3H3. The van der Waals surface area contributed by atoms with Crippen LogP contribution in [-0.2, 0) is 10.5 Å². The van der Waals surface area contributed by atoms with Crippen LogP contribution in [0.1, 0.15) is 47.7 Å². The largest absolute Gasteiger partial charge is 0.482 e. The molecule has 5 nitrogen and oxygen atoms in total. The van der Waals surface area contributed by atoms with E-state index in [4.69, 9.17) is 21.1 Å². The first-order valence-corrected chi connectivity index (χ1v) is 12.4. The third-order valence-electron chi connectivity index (χ3n) is 4.45. The molecule has 1 heterocycles. The Morgan fingerprint density at radius 2 is 1.81 bits per heavy atom. The summed E-state index contributed by atoms with van der Waals surface area (Å²) in [7, 11) is 0. The number of hydrogen-bond acceptors (Lipinski definition) is 7. The van der Waals surface area contributed by atoms with E-state index in [2.05, 4.69) is 4.98 Å². The lowest BCUT2D eigenvalue weighted by molar-refractivity contribution is -0.134. The molecule has 32 heavy (non-hydrogen) atoms. The molecule has 8 heteroatoms. The number of Topliss-reactive ketones (excluding diaryl/α,β-unsaturated/α-hetero) is 1. The molecular weight excluding hydrogens is 466 g/mol. The number of carbonyl (C=O) groups excluding carboxylic acids is 2. The minimum Gasteiger partial charge on any atom is -0.482 e. The molecule has 1 aromatic heterocycles. The van der Waals surface area contributed by atoms with Crippen LogP contribution in [0, 0.1) is 6.92 Å². The van der Waals surface area contributed by atoms with Crippen molar-refractivity contribution < 1.29 is 19.1 Å². The summed E-state index contributed by atoms with van der Waals surface area (Å²) in [4.78, 5) is 29.8. The molecule has 2 aromatic carbocycles. The lowest BCUT2D eigenvalue weighted by Gasteiger charge is -2.12. The van der Waals surface area contributed by atoms with Gasteiger partial charge in [0.05, 0.1) is 5.69 Å². The van der Waals surface area contributed by atoms with Crippen molar-refractivity contribution >= 4 is 46.5 Å². The van der Waals surface area contributed by atoms with Gasteiger partial charge in [-0.3, -0.25) is 9.59 Å². The Labute approximate surface area is 201 Å². The maximum absolute atomic E-state index is 12.7. The van der Waals surface area contributed by atoms with Gasteiger partial charge in [0.1, 0.15) is 5.75 Å². The Bertz CT molecular complexity index is 1060. The number of thioether (sulfide) groups is 1. The van der Waals surface area contributed by atoms with E-state index in [1.807, 2.05) is 55.5 Å². The molecule has 1 atom stereocenters. The molecule has 0 saturated carbocycles. The van der Waals surface area contributed by atoms with Crippen LogP contribution < -0.4 is 9.47 Å². The molecule has 0 amide bonds. The number of rotatable bonds is 10. The number of thiazole rings is 1. The fourth-order valence-corrected chi connectivity index (χ4v) is 4.67. The third-order valence-corrected chi connectivity index (χ3v) is 6.84. The number of ketones is 1. The van der Waals surface area contributed by atoms with Crippen molar-refractivity contribution in [2.24, 2.45) is 0 Å². The van der Waals surface area contributed by atoms with Crippen LogP contribution in [0.5, 0.6) is 10.8 Å². The van der Waals surface area contributed by atoms with Gasteiger partial charge < -0.3 is 9.47 Å². The van der Waals surface area contributed by atoms with E-state index in [0.717, 1.165) is 27.0 Å². The smallest absolute Gasteiger partial charge is 0.312 e. The predicted octanol–water partition coefficient (Wildman–Crippen LogP) is 6.75. The zero-order valence-electron chi connectivity index (χ0n) is 18.1. The Morgan fingerprint density at radius 1 is 1.12 bits per heavy atom. The van der Waals surface area contributed by atoms with Gasteiger partial charge in [0.15, 0.2) is 11.1 Å². The average molecular weight is 490 g/mol. The molecule has 0 aliphatic heterocycles. The summed E-state index contributed by atoms with van der Waals surface area (Å²) in [5.41, 5.74) is 1.72. The molecule has 0 bridgehead atoms. The second-order valence-corrected chi connectivity index (χ2v) is 9.57. The van der Waals surface area contributed by atoms with Crippen LogP contribution in [0.4, 0.5) is 0 Å². The fraction of sp³-hybridized carbons (Fsp3) is 0.292. The van der Waals surface area contributed by atoms with Crippen molar-refractivity contribution in [1.29, 1.82) is 0 Å². The molecule has 0 saturated heterocycles. The van der Waals surface area contributed by atoms with E-state index in [-0.39, 0.29) is 16.8 Å². The van der Waals surface area contributed by atoms with Gasteiger partial charge in [-0.05, 0) is 62.2 Å². The number of aryl methyl sites for hydroxylation is 1. The van der Waals surface area contributed by atoms with Crippen LogP contribution in [-0.4, -0.2) is 22.8 Å². The van der Waals surface area contributed by atoms with Crippen LogP contribution in [0.2, 0.25) is 5.02 Å². The number of halogens is 1. The van der Waals surface area contributed by atoms with Crippen molar-refractivity contribution in [3.63, 3.8) is 0 Å².